The van der Waals surface area contributed by atoms with Gasteiger partial charge in [-0.3, -0.25) is 14.5 Å². The van der Waals surface area contributed by atoms with Gasteiger partial charge in [-0.2, -0.15) is 0 Å². The Hall–Kier alpha value is -3.77. The summed E-state index contributed by atoms with van der Waals surface area (Å²) in [7, 11) is 0. The summed E-state index contributed by atoms with van der Waals surface area (Å²) in [6.45, 7) is 12.3. The SMILES string of the molecule is CCOc1ccc(/C(O)=C2/C(=O)C(=O)N(c3cc(C)cc(C)c3)C2c2ccc(O)c(Cl)c2)cc1C(C)(C)C. The van der Waals surface area contributed by atoms with E-state index in [4.69, 9.17) is 16.3 Å². The Bertz CT molecular complexity index is 1450. The molecule has 198 valence electrons. The van der Waals surface area contributed by atoms with Crippen molar-refractivity contribution in [3.8, 4) is 11.5 Å². The summed E-state index contributed by atoms with van der Waals surface area (Å²) in [5, 5.41) is 21.7. The molecule has 0 aromatic heterocycles. The van der Waals surface area contributed by atoms with E-state index >= 15 is 0 Å². The maximum atomic E-state index is 13.5. The highest BCUT2D eigenvalue weighted by Crippen LogP contribution is 2.44. The highest BCUT2D eigenvalue weighted by Gasteiger charge is 2.47. The van der Waals surface area contributed by atoms with Crippen molar-refractivity contribution in [2.24, 2.45) is 0 Å². The maximum Gasteiger partial charge on any atom is 0.300 e. The molecule has 1 aliphatic heterocycles. The van der Waals surface area contributed by atoms with Gasteiger partial charge >= 0.3 is 0 Å². The number of hydrogen-bond donors (Lipinski definition) is 2. The predicted octanol–water partition coefficient (Wildman–Crippen LogP) is 6.98. The van der Waals surface area contributed by atoms with Gasteiger partial charge in [0.15, 0.2) is 0 Å². The number of aryl methyl sites for hydroxylation is 2. The van der Waals surface area contributed by atoms with Crippen LogP contribution in [-0.2, 0) is 15.0 Å². The van der Waals surface area contributed by atoms with Crippen molar-refractivity contribution in [3.05, 3.63) is 93.0 Å². The van der Waals surface area contributed by atoms with Crippen LogP contribution in [-0.4, -0.2) is 28.5 Å². The molecule has 1 fully saturated rings. The summed E-state index contributed by atoms with van der Waals surface area (Å²) >= 11 is 6.24. The topological polar surface area (TPSA) is 87.1 Å². The quantitative estimate of drug-likeness (QED) is 0.210. The summed E-state index contributed by atoms with van der Waals surface area (Å²) in [4.78, 5) is 28.4. The summed E-state index contributed by atoms with van der Waals surface area (Å²) in [5.74, 6) is -1.29. The molecule has 0 saturated carbocycles. The normalized spacial score (nSPS) is 17.2. The number of carbonyl (C=O) groups excluding carboxylic acids is 2. The number of aliphatic hydroxyl groups excluding tert-OH is 1. The first-order valence-electron chi connectivity index (χ1n) is 12.5. The van der Waals surface area contributed by atoms with Crippen LogP contribution in [0, 0.1) is 13.8 Å². The molecular weight excluding hydrogens is 502 g/mol. The van der Waals surface area contributed by atoms with Crippen molar-refractivity contribution < 1.29 is 24.5 Å². The molecule has 4 rings (SSSR count). The Labute approximate surface area is 228 Å². The van der Waals surface area contributed by atoms with Gasteiger partial charge in [0.25, 0.3) is 11.7 Å². The summed E-state index contributed by atoms with van der Waals surface area (Å²) in [5.41, 5.74) is 3.74. The molecule has 0 spiro atoms. The van der Waals surface area contributed by atoms with Gasteiger partial charge in [0.2, 0.25) is 0 Å². The number of aliphatic hydroxyl groups is 1. The minimum Gasteiger partial charge on any atom is -0.507 e. The monoisotopic (exact) mass is 533 g/mol. The van der Waals surface area contributed by atoms with Gasteiger partial charge in [0, 0.05) is 16.8 Å². The fourth-order valence-corrected chi connectivity index (χ4v) is 5.09. The molecule has 1 amide bonds. The summed E-state index contributed by atoms with van der Waals surface area (Å²) < 4.78 is 5.81. The van der Waals surface area contributed by atoms with Crippen LogP contribution in [0.15, 0.2) is 60.2 Å². The lowest BCUT2D eigenvalue weighted by molar-refractivity contribution is -0.132. The van der Waals surface area contributed by atoms with Crippen LogP contribution in [0.4, 0.5) is 5.69 Å². The predicted molar refractivity (Wildman–Crippen MR) is 150 cm³/mol. The number of Topliss-reactive ketones (excluding diaryl/α,β-unsaturated/α-hetero) is 1. The van der Waals surface area contributed by atoms with Crippen molar-refractivity contribution >= 4 is 34.7 Å². The number of anilines is 1. The number of carbonyl (C=O) groups is 2. The van der Waals surface area contributed by atoms with Gasteiger partial charge in [0.1, 0.15) is 17.3 Å². The van der Waals surface area contributed by atoms with E-state index in [0.717, 1.165) is 16.7 Å². The lowest BCUT2D eigenvalue weighted by Crippen LogP contribution is -2.29. The lowest BCUT2D eigenvalue weighted by Gasteiger charge is -2.27. The maximum absolute atomic E-state index is 13.5. The second-order valence-corrected chi connectivity index (χ2v) is 11.0. The number of ether oxygens (including phenoxy) is 1. The Morgan fingerprint density at radius 3 is 2.24 bits per heavy atom. The van der Waals surface area contributed by atoms with Crippen LogP contribution in [0.1, 0.15) is 61.6 Å². The molecule has 6 nitrogen and oxygen atoms in total. The van der Waals surface area contributed by atoms with E-state index in [1.807, 2.05) is 59.7 Å². The van der Waals surface area contributed by atoms with Crippen LogP contribution in [0.5, 0.6) is 11.5 Å². The first kappa shape index (κ1) is 27.3. The number of phenolic OH excluding ortho intramolecular Hbond substituents is 1. The number of phenols is 1. The lowest BCUT2D eigenvalue weighted by atomic mass is 9.84. The number of aromatic hydroxyl groups is 1. The van der Waals surface area contributed by atoms with Gasteiger partial charge in [-0.15, -0.1) is 0 Å². The van der Waals surface area contributed by atoms with Gasteiger partial charge in [-0.05, 0) is 85.3 Å². The third kappa shape index (κ3) is 5.01. The van der Waals surface area contributed by atoms with Crippen molar-refractivity contribution in [1.82, 2.24) is 0 Å². The zero-order valence-electron chi connectivity index (χ0n) is 22.4. The minimum atomic E-state index is -0.959. The van der Waals surface area contributed by atoms with E-state index in [0.29, 0.717) is 29.2 Å². The van der Waals surface area contributed by atoms with Gasteiger partial charge < -0.3 is 14.9 Å². The Morgan fingerprint density at radius 2 is 1.66 bits per heavy atom. The number of amides is 1. The van der Waals surface area contributed by atoms with Crippen molar-refractivity contribution in [2.75, 3.05) is 11.5 Å². The molecule has 38 heavy (non-hydrogen) atoms. The molecule has 1 heterocycles. The molecule has 7 heteroatoms. The standard InChI is InChI=1S/C31H32ClNO5/c1-7-38-25-11-9-20(15-22(25)31(4,5)6)28(35)26-27(19-8-10-24(34)23(32)16-19)33(30(37)29(26)36)21-13-17(2)12-18(3)14-21/h8-16,27,34-35H,7H2,1-6H3/b28-26-. The van der Waals surface area contributed by atoms with Gasteiger partial charge in [-0.1, -0.05) is 44.5 Å². The number of halogens is 1. The second-order valence-electron chi connectivity index (χ2n) is 10.6. The van der Waals surface area contributed by atoms with Crippen LogP contribution >= 0.6 is 11.6 Å². The summed E-state index contributed by atoms with van der Waals surface area (Å²) in [6, 6.07) is 14.4. The Balaban J connectivity index is 1.99. The zero-order chi connectivity index (χ0) is 27.9. The number of benzene rings is 3. The highest BCUT2D eigenvalue weighted by molar-refractivity contribution is 6.51. The fourth-order valence-electron chi connectivity index (χ4n) is 4.90. The average Bonchev–Trinajstić information content (AvgIpc) is 3.10. The Kier molecular flexibility index (Phi) is 7.31. The van der Waals surface area contributed by atoms with Crippen LogP contribution in [0.3, 0.4) is 0 Å². The molecule has 1 aliphatic rings. The Morgan fingerprint density at radius 1 is 1.00 bits per heavy atom. The third-order valence-electron chi connectivity index (χ3n) is 6.58. The molecule has 3 aromatic carbocycles. The average molecular weight is 534 g/mol. The molecule has 0 bridgehead atoms. The molecule has 1 saturated heterocycles. The molecule has 1 unspecified atom stereocenters. The smallest absolute Gasteiger partial charge is 0.300 e. The minimum absolute atomic E-state index is 0.0556. The van der Waals surface area contributed by atoms with E-state index in [1.54, 1.807) is 24.3 Å². The number of rotatable bonds is 5. The molecule has 2 N–H and O–H groups in total. The van der Waals surface area contributed by atoms with Crippen LogP contribution < -0.4 is 9.64 Å². The molecule has 3 aromatic rings. The van der Waals surface area contributed by atoms with E-state index in [9.17, 15) is 19.8 Å². The largest absolute Gasteiger partial charge is 0.507 e. The van der Waals surface area contributed by atoms with E-state index in [-0.39, 0.29) is 27.5 Å². The first-order chi connectivity index (χ1) is 17.8. The zero-order valence-corrected chi connectivity index (χ0v) is 23.2. The highest BCUT2D eigenvalue weighted by atomic mass is 35.5. The molecule has 0 radical (unpaired) electrons. The number of nitrogens with zero attached hydrogens (tertiary/aromatic N) is 1. The van der Waals surface area contributed by atoms with Gasteiger partial charge in [0.05, 0.1) is 23.2 Å². The van der Waals surface area contributed by atoms with E-state index in [1.165, 1.54) is 17.0 Å². The van der Waals surface area contributed by atoms with E-state index in [2.05, 4.69) is 0 Å². The fraction of sp³-hybridized carbons (Fsp3) is 0.290. The molecule has 0 aliphatic carbocycles. The first-order valence-corrected chi connectivity index (χ1v) is 12.9. The van der Waals surface area contributed by atoms with Crippen molar-refractivity contribution in [3.63, 3.8) is 0 Å². The van der Waals surface area contributed by atoms with E-state index < -0.39 is 17.7 Å². The summed E-state index contributed by atoms with van der Waals surface area (Å²) in [6.07, 6.45) is 0. The van der Waals surface area contributed by atoms with Gasteiger partial charge in [-0.25, -0.2) is 0 Å². The van der Waals surface area contributed by atoms with Crippen LogP contribution in [0.2, 0.25) is 5.02 Å². The molecular formula is C31H32ClNO5. The second kappa shape index (κ2) is 10.2. The number of ketones is 1. The van der Waals surface area contributed by atoms with Crippen molar-refractivity contribution in [2.45, 2.75) is 53.0 Å². The third-order valence-corrected chi connectivity index (χ3v) is 6.88. The van der Waals surface area contributed by atoms with Crippen LogP contribution in [0.25, 0.3) is 5.76 Å². The van der Waals surface area contributed by atoms with Crippen molar-refractivity contribution in [1.29, 1.82) is 0 Å². The molecule has 1 atom stereocenters. The number of hydrogen-bond acceptors (Lipinski definition) is 5.